The molecule has 8 heavy (non-hydrogen) atoms. The van der Waals surface area contributed by atoms with Crippen molar-refractivity contribution < 1.29 is 0 Å². The number of hydrogen-bond donors (Lipinski definition) is 3. The standard InChI is InChI=1S/C4H12N4/c5-4-1-7-3-8(6)2-4/h4,7H,1-3,5-6H2. The highest BCUT2D eigenvalue weighted by atomic mass is 15.5. The van der Waals surface area contributed by atoms with Crippen LogP contribution in [0.15, 0.2) is 0 Å². The fraction of sp³-hybridized carbons (Fsp3) is 1.00. The predicted molar refractivity (Wildman–Crippen MR) is 31.7 cm³/mol. The van der Waals surface area contributed by atoms with Crippen LogP contribution in [0.3, 0.4) is 0 Å². The minimum Gasteiger partial charge on any atom is -0.325 e. The average molecular weight is 116 g/mol. The van der Waals surface area contributed by atoms with Gasteiger partial charge in [-0.1, -0.05) is 0 Å². The van der Waals surface area contributed by atoms with Crippen molar-refractivity contribution in [2.75, 3.05) is 19.8 Å². The average Bonchev–Trinajstić information content (AvgIpc) is 1.64. The van der Waals surface area contributed by atoms with Gasteiger partial charge in [-0.2, -0.15) is 0 Å². The lowest BCUT2D eigenvalue weighted by Gasteiger charge is -2.27. The van der Waals surface area contributed by atoms with Gasteiger partial charge in [0, 0.05) is 19.1 Å². The van der Waals surface area contributed by atoms with Crippen LogP contribution in [0.4, 0.5) is 0 Å². The highest BCUT2D eigenvalue weighted by Crippen LogP contribution is 1.85. The van der Waals surface area contributed by atoms with E-state index in [0.29, 0.717) is 0 Å². The number of nitrogens with one attached hydrogen (secondary N) is 1. The van der Waals surface area contributed by atoms with Gasteiger partial charge >= 0.3 is 0 Å². The van der Waals surface area contributed by atoms with E-state index in [1.54, 1.807) is 5.01 Å². The monoisotopic (exact) mass is 116 g/mol. The molecule has 1 saturated heterocycles. The van der Waals surface area contributed by atoms with Crippen molar-refractivity contribution in [3.63, 3.8) is 0 Å². The van der Waals surface area contributed by atoms with E-state index in [1.165, 1.54) is 0 Å². The number of hydrogen-bond acceptors (Lipinski definition) is 4. The molecule has 1 rings (SSSR count). The fourth-order valence-corrected chi connectivity index (χ4v) is 0.824. The van der Waals surface area contributed by atoms with Crippen LogP contribution < -0.4 is 16.9 Å². The molecule has 0 aromatic rings. The number of hydrazine groups is 1. The Hall–Kier alpha value is -0.160. The van der Waals surface area contributed by atoms with Gasteiger partial charge in [-0.25, -0.2) is 5.01 Å². The first-order valence-electron chi connectivity index (χ1n) is 2.75. The van der Waals surface area contributed by atoms with Gasteiger partial charge in [0.1, 0.15) is 0 Å². The molecule has 1 aliphatic rings. The first-order valence-corrected chi connectivity index (χ1v) is 2.75. The molecular formula is C4H12N4. The quantitative estimate of drug-likeness (QED) is 0.322. The van der Waals surface area contributed by atoms with Crippen LogP contribution in [0.5, 0.6) is 0 Å². The summed E-state index contributed by atoms with van der Waals surface area (Å²) in [6.45, 7) is 2.44. The van der Waals surface area contributed by atoms with Gasteiger partial charge in [0.25, 0.3) is 0 Å². The molecule has 0 spiro atoms. The van der Waals surface area contributed by atoms with Crippen LogP contribution in [0.2, 0.25) is 0 Å². The summed E-state index contributed by atoms with van der Waals surface area (Å²) in [5.74, 6) is 5.42. The van der Waals surface area contributed by atoms with E-state index in [1.807, 2.05) is 0 Å². The van der Waals surface area contributed by atoms with Crippen LogP contribution >= 0.6 is 0 Å². The molecule has 5 N–H and O–H groups in total. The molecule has 48 valence electrons. The second kappa shape index (κ2) is 2.41. The molecule has 0 aromatic carbocycles. The van der Waals surface area contributed by atoms with E-state index in [-0.39, 0.29) is 6.04 Å². The summed E-state index contributed by atoms with van der Waals surface area (Å²) >= 11 is 0. The highest BCUT2D eigenvalue weighted by Gasteiger charge is 2.11. The predicted octanol–water partition coefficient (Wildman–Crippen LogP) is -1.95. The molecule has 1 fully saturated rings. The molecule has 1 unspecified atom stereocenters. The SMILES string of the molecule is NC1CNCN(N)C1. The van der Waals surface area contributed by atoms with E-state index in [9.17, 15) is 0 Å². The summed E-state index contributed by atoms with van der Waals surface area (Å²) in [6, 6.07) is 0.203. The fourth-order valence-electron chi connectivity index (χ4n) is 0.824. The second-order valence-electron chi connectivity index (χ2n) is 2.14. The summed E-state index contributed by atoms with van der Waals surface area (Å²) in [4.78, 5) is 0. The normalized spacial score (nSPS) is 33.0. The van der Waals surface area contributed by atoms with Crippen LogP contribution in [-0.4, -0.2) is 30.8 Å². The minimum absolute atomic E-state index is 0.203. The highest BCUT2D eigenvalue weighted by molar-refractivity contribution is 4.71. The van der Waals surface area contributed by atoms with E-state index < -0.39 is 0 Å². The minimum atomic E-state index is 0.203. The van der Waals surface area contributed by atoms with E-state index in [0.717, 1.165) is 19.8 Å². The Morgan fingerprint density at radius 2 is 2.38 bits per heavy atom. The van der Waals surface area contributed by atoms with E-state index >= 15 is 0 Å². The van der Waals surface area contributed by atoms with Crippen molar-refractivity contribution in [3.05, 3.63) is 0 Å². The molecule has 0 saturated carbocycles. The van der Waals surface area contributed by atoms with Gasteiger partial charge in [0.2, 0.25) is 0 Å². The van der Waals surface area contributed by atoms with Crippen LogP contribution in [0.25, 0.3) is 0 Å². The Morgan fingerprint density at radius 1 is 1.62 bits per heavy atom. The second-order valence-corrected chi connectivity index (χ2v) is 2.14. The summed E-state index contributed by atoms with van der Waals surface area (Å²) in [5, 5.41) is 4.73. The van der Waals surface area contributed by atoms with Crippen molar-refractivity contribution in [2.45, 2.75) is 6.04 Å². The summed E-state index contributed by atoms with van der Waals surface area (Å²) in [5.41, 5.74) is 5.54. The zero-order valence-electron chi connectivity index (χ0n) is 4.80. The third-order valence-corrected chi connectivity index (χ3v) is 1.19. The molecule has 0 radical (unpaired) electrons. The maximum Gasteiger partial charge on any atom is 0.0619 e. The van der Waals surface area contributed by atoms with Crippen molar-refractivity contribution in [1.82, 2.24) is 10.3 Å². The van der Waals surface area contributed by atoms with E-state index in [2.05, 4.69) is 5.32 Å². The maximum atomic E-state index is 5.54. The Morgan fingerprint density at radius 3 is 2.75 bits per heavy atom. The Kier molecular flexibility index (Phi) is 1.80. The van der Waals surface area contributed by atoms with Crippen molar-refractivity contribution in [2.24, 2.45) is 11.6 Å². The number of nitrogens with zero attached hydrogens (tertiary/aromatic N) is 1. The van der Waals surface area contributed by atoms with Gasteiger partial charge in [-0.15, -0.1) is 0 Å². The smallest absolute Gasteiger partial charge is 0.0619 e. The molecule has 0 aliphatic carbocycles. The van der Waals surface area contributed by atoms with Crippen molar-refractivity contribution in [3.8, 4) is 0 Å². The molecule has 1 heterocycles. The van der Waals surface area contributed by atoms with Gasteiger partial charge in [-0.05, 0) is 0 Å². The van der Waals surface area contributed by atoms with Gasteiger partial charge in [0.05, 0.1) is 6.67 Å². The third kappa shape index (κ3) is 1.41. The van der Waals surface area contributed by atoms with E-state index in [4.69, 9.17) is 11.6 Å². The molecule has 0 bridgehead atoms. The first kappa shape index (κ1) is 5.97. The molecule has 4 nitrogen and oxygen atoms in total. The molecule has 1 aliphatic heterocycles. The van der Waals surface area contributed by atoms with Crippen molar-refractivity contribution in [1.29, 1.82) is 0 Å². The summed E-state index contributed by atoms with van der Waals surface area (Å²) in [6.07, 6.45) is 0. The van der Waals surface area contributed by atoms with Crippen LogP contribution in [-0.2, 0) is 0 Å². The van der Waals surface area contributed by atoms with Gasteiger partial charge in [-0.3, -0.25) is 5.84 Å². The zero-order valence-corrected chi connectivity index (χ0v) is 4.80. The summed E-state index contributed by atoms with van der Waals surface area (Å²) in [7, 11) is 0. The maximum absolute atomic E-state index is 5.54. The molecule has 4 heteroatoms. The lowest BCUT2D eigenvalue weighted by molar-refractivity contribution is 0.202. The van der Waals surface area contributed by atoms with Gasteiger partial charge < -0.3 is 11.1 Å². The number of rotatable bonds is 0. The largest absolute Gasteiger partial charge is 0.325 e. The molecule has 0 aromatic heterocycles. The summed E-state index contributed by atoms with van der Waals surface area (Å²) < 4.78 is 0. The molecule has 0 amide bonds. The van der Waals surface area contributed by atoms with Crippen LogP contribution in [0, 0.1) is 0 Å². The van der Waals surface area contributed by atoms with Crippen LogP contribution in [0.1, 0.15) is 0 Å². The Labute approximate surface area is 48.8 Å². The zero-order chi connectivity index (χ0) is 5.98. The Bertz CT molecular complexity index is 66.4. The first-order chi connectivity index (χ1) is 3.79. The molecule has 1 atom stereocenters. The Balaban J connectivity index is 2.23. The topological polar surface area (TPSA) is 67.3 Å². The van der Waals surface area contributed by atoms with Crippen molar-refractivity contribution >= 4 is 0 Å². The number of nitrogens with two attached hydrogens (primary N) is 2. The lowest BCUT2D eigenvalue weighted by Crippen LogP contribution is -2.55. The lowest BCUT2D eigenvalue weighted by atomic mass is 10.3. The third-order valence-electron chi connectivity index (χ3n) is 1.19. The molecular weight excluding hydrogens is 104 g/mol. The van der Waals surface area contributed by atoms with Gasteiger partial charge in [0.15, 0.2) is 0 Å².